The van der Waals surface area contributed by atoms with E-state index >= 15 is 0 Å². The zero-order valence-corrected chi connectivity index (χ0v) is 10.9. The summed E-state index contributed by atoms with van der Waals surface area (Å²) in [5.74, 6) is 0. The molecule has 1 heterocycles. The van der Waals surface area contributed by atoms with Gasteiger partial charge in [-0.2, -0.15) is 0 Å². The van der Waals surface area contributed by atoms with Crippen LogP contribution in [-0.2, 0) is 0 Å². The van der Waals surface area contributed by atoms with Crippen molar-refractivity contribution >= 4 is 0 Å². The maximum Gasteiger partial charge on any atom is 0.0304 e. The van der Waals surface area contributed by atoms with E-state index in [1.807, 2.05) is 0 Å². The summed E-state index contributed by atoms with van der Waals surface area (Å²) in [4.78, 5) is 5.29. The number of nitrogens with two attached hydrogens (primary N) is 1. The molecule has 1 aliphatic carbocycles. The quantitative estimate of drug-likeness (QED) is 0.765. The van der Waals surface area contributed by atoms with Gasteiger partial charge in [-0.3, -0.25) is 9.80 Å². The lowest BCUT2D eigenvalue weighted by Gasteiger charge is -2.45. The summed E-state index contributed by atoms with van der Waals surface area (Å²) in [5, 5.41) is 0. The van der Waals surface area contributed by atoms with E-state index in [1.165, 1.54) is 51.9 Å². The second-order valence-corrected chi connectivity index (χ2v) is 5.71. The topological polar surface area (TPSA) is 32.5 Å². The molecular formula is C13H27N3. The minimum Gasteiger partial charge on any atom is -0.329 e. The van der Waals surface area contributed by atoms with Crippen molar-refractivity contribution in [3.05, 3.63) is 0 Å². The van der Waals surface area contributed by atoms with Crippen LogP contribution in [0.2, 0.25) is 0 Å². The maximum absolute atomic E-state index is 5.98. The summed E-state index contributed by atoms with van der Waals surface area (Å²) in [6.07, 6.45) is 5.33. The second-order valence-electron chi connectivity index (χ2n) is 5.71. The van der Waals surface area contributed by atoms with Gasteiger partial charge in [-0.25, -0.2) is 0 Å². The van der Waals surface area contributed by atoms with Crippen molar-refractivity contribution in [2.24, 2.45) is 5.73 Å². The highest BCUT2D eigenvalue weighted by molar-refractivity contribution is 4.93. The van der Waals surface area contributed by atoms with Gasteiger partial charge in [-0.15, -0.1) is 0 Å². The Kier molecular flexibility index (Phi) is 3.88. The smallest absolute Gasteiger partial charge is 0.0304 e. The first kappa shape index (κ1) is 12.3. The van der Waals surface area contributed by atoms with E-state index in [1.54, 1.807) is 0 Å². The minimum absolute atomic E-state index is 0.240. The van der Waals surface area contributed by atoms with Gasteiger partial charge in [0.25, 0.3) is 0 Å². The first-order valence-electron chi connectivity index (χ1n) is 6.89. The van der Waals surface area contributed by atoms with E-state index in [9.17, 15) is 0 Å². The summed E-state index contributed by atoms with van der Waals surface area (Å²) < 4.78 is 0. The fourth-order valence-electron chi connectivity index (χ4n) is 2.99. The fraction of sp³-hybridized carbons (Fsp3) is 1.00. The largest absolute Gasteiger partial charge is 0.329 e. The minimum atomic E-state index is 0.240. The Hall–Kier alpha value is -0.120. The SMILES string of the molecule is CCCC(C)(CN)N1CCN(C2CC2)CC1. The lowest BCUT2D eigenvalue weighted by Crippen LogP contribution is -2.59. The number of piperazine rings is 1. The van der Waals surface area contributed by atoms with Gasteiger partial charge < -0.3 is 5.73 Å². The second kappa shape index (κ2) is 5.03. The Labute approximate surface area is 100.0 Å². The van der Waals surface area contributed by atoms with Gasteiger partial charge in [-0.1, -0.05) is 13.3 Å². The van der Waals surface area contributed by atoms with Crippen LogP contribution in [0.5, 0.6) is 0 Å². The molecule has 1 saturated carbocycles. The molecule has 0 bridgehead atoms. The van der Waals surface area contributed by atoms with Crippen molar-refractivity contribution in [3.8, 4) is 0 Å². The summed E-state index contributed by atoms with van der Waals surface area (Å²) in [7, 11) is 0. The Morgan fingerprint density at radius 3 is 2.25 bits per heavy atom. The molecule has 0 aromatic carbocycles. The molecule has 0 aromatic rings. The van der Waals surface area contributed by atoms with Crippen LogP contribution in [0.15, 0.2) is 0 Å². The zero-order chi connectivity index (χ0) is 11.6. The van der Waals surface area contributed by atoms with E-state index < -0.39 is 0 Å². The molecule has 2 fully saturated rings. The average Bonchev–Trinajstić information content (AvgIpc) is 3.13. The van der Waals surface area contributed by atoms with Crippen molar-refractivity contribution in [1.82, 2.24) is 9.80 Å². The monoisotopic (exact) mass is 225 g/mol. The lowest BCUT2D eigenvalue weighted by molar-refractivity contribution is 0.0381. The Bertz CT molecular complexity index is 219. The van der Waals surface area contributed by atoms with E-state index in [0.717, 1.165) is 12.6 Å². The molecular weight excluding hydrogens is 198 g/mol. The molecule has 2 N–H and O–H groups in total. The van der Waals surface area contributed by atoms with E-state index in [4.69, 9.17) is 5.73 Å². The van der Waals surface area contributed by atoms with Gasteiger partial charge in [-0.05, 0) is 26.2 Å². The van der Waals surface area contributed by atoms with Crippen LogP contribution in [0.25, 0.3) is 0 Å². The molecule has 0 amide bonds. The van der Waals surface area contributed by atoms with Gasteiger partial charge in [0.1, 0.15) is 0 Å². The van der Waals surface area contributed by atoms with Crippen LogP contribution in [0, 0.1) is 0 Å². The van der Waals surface area contributed by atoms with Crippen molar-refractivity contribution < 1.29 is 0 Å². The highest BCUT2D eigenvalue weighted by Crippen LogP contribution is 2.29. The van der Waals surface area contributed by atoms with Crippen LogP contribution in [0.1, 0.15) is 39.5 Å². The van der Waals surface area contributed by atoms with Crippen LogP contribution < -0.4 is 5.73 Å². The highest BCUT2D eigenvalue weighted by atomic mass is 15.3. The molecule has 1 saturated heterocycles. The van der Waals surface area contributed by atoms with Crippen LogP contribution in [0.3, 0.4) is 0 Å². The molecule has 1 aliphatic heterocycles. The summed E-state index contributed by atoms with van der Waals surface area (Å²) in [6.45, 7) is 10.3. The van der Waals surface area contributed by atoms with Crippen LogP contribution in [0.4, 0.5) is 0 Å². The Morgan fingerprint density at radius 1 is 1.19 bits per heavy atom. The zero-order valence-electron chi connectivity index (χ0n) is 10.9. The molecule has 0 aromatic heterocycles. The standard InChI is InChI=1S/C13H27N3/c1-3-6-13(2,11-14)16-9-7-15(8-10-16)12-4-5-12/h12H,3-11,14H2,1-2H3. The Morgan fingerprint density at radius 2 is 1.81 bits per heavy atom. The number of rotatable bonds is 5. The molecule has 16 heavy (non-hydrogen) atoms. The molecule has 1 unspecified atom stereocenters. The number of hydrogen-bond acceptors (Lipinski definition) is 3. The summed E-state index contributed by atoms with van der Waals surface area (Å²) in [5.41, 5.74) is 6.22. The van der Waals surface area contributed by atoms with Crippen molar-refractivity contribution in [3.63, 3.8) is 0 Å². The third kappa shape index (κ3) is 2.58. The first-order valence-corrected chi connectivity index (χ1v) is 6.89. The van der Waals surface area contributed by atoms with E-state index in [0.29, 0.717) is 0 Å². The molecule has 94 valence electrons. The predicted molar refractivity (Wildman–Crippen MR) is 68.5 cm³/mol. The van der Waals surface area contributed by atoms with E-state index in [-0.39, 0.29) is 5.54 Å². The third-order valence-corrected chi connectivity index (χ3v) is 4.37. The molecule has 2 rings (SSSR count). The molecule has 0 spiro atoms. The van der Waals surface area contributed by atoms with Gasteiger partial charge in [0.2, 0.25) is 0 Å². The van der Waals surface area contributed by atoms with Crippen molar-refractivity contribution in [2.45, 2.75) is 51.1 Å². The first-order chi connectivity index (χ1) is 7.69. The molecule has 0 radical (unpaired) electrons. The van der Waals surface area contributed by atoms with E-state index in [2.05, 4.69) is 23.6 Å². The van der Waals surface area contributed by atoms with Gasteiger partial charge >= 0.3 is 0 Å². The lowest BCUT2D eigenvalue weighted by atomic mass is 9.93. The fourth-order valence-corrected chi connectivity index (χ4v) is 2.99. The molecule has 3 nitrogen and oxygen atoms in total. The van der Waals surface area contributed by atoms with Gasteiger partial charge in [0.15, 0.2) is 0 Å². The van der Waals surface area contributed by atoms with Crippen LogP contribution >= 0.6 is 0 Å². The van der Waals surface area contributed by atoms with Crippen molar-refractivity contribution in [2.75, 3.05) is 32.7 Å². The molecule has 2 aliphatic rings. The maximum atomic E-state index is 5.98. The summed E-state index contributed by atoms with van der Waals surface area (Å²) >= 11 is 0. The third-order valence-electron chi connectivity index (χ3n) is 4.37. The van der Waals surface area contributed by atoms with Gasteiger partial charge in [0, 0.05) is 44.3 Å². The molecule has 3 heteroatoms. The van der Waals surface area contributed by atoms with Crippen molar-refractivity contribution in [1.29, 1.82) is 0 Å². The molecule has 1 atom stereocenters. The predicted octanol–water partition coefficient (Wildman–Crippen LogP) is 1.28. The average molecular weight is 225 g/mol. The Balaban J connectivity index is 1.85. The van der Waals surface area contributed by atoms with Crippen LogP contribution in [-0.4, -0.2) is 54.1 Å². The summed E-state index contributed by atoms with van der Waals surface area (Å²) in [6, 6.07) is 0.928. The normalized spacial score (nSPS) is 27.9. The number of nitrogens with zero attached hydrogens (tertiary/aromatic N) is 2. The van der Waals surface area contributed by atoms with Gasteiger partial charge in [0.05, 0.1) is 0 Å². The number of hydrogen-bond donors (Lipinski definition) is 1. The highest BCUT2D eigenvalue weighted by Gasteiger charge is 2.36.